The summed E-state index contributed by atoms with van der Waals surface area (Å²) < 4.78 is 57.9. The average Bonchev–Trinajstić information content (AvgIpc) is 3.59. The van der Waals surface area contributed by atoms with E-state index in [0.717, 1.165) is 25.0 Å². The fraction of sp³-hybridized carbons (Fsp3) is 0.763. The molecule has 6 aliphatic rings. The monoisotopic (exact) mass is 716 g/mol. The molecular weight excluding hydrogens is 660 g/mol. The Hall–Kier alpha value is -2.82. The van der Waals surface area contributed by atoms with Crippen LogP contribution in [0.25, 0.3) is 0 Å². The highest BCUT2D eigenvalue weighted by atomic mass is 19.4. The number of alkyl carbamates (subject to hydrolysis) is 1. The fourth-order valence-electron chi connectivity index (χ4n) is 8.83. The number of hydrogen-bond donors (Lipinski definition) is 1. The van der Waals surface area contributed by atoms with E-state index in [4.69, 9.17) is 19.3 Å². The van der Waals surface area contributed by atoms with Gasteiger partial charge in [0.1, 0.15) is 12.5 Å². The van der Waals surface area contributed by atoms with Crippen LogP contribution in [-0.4, -0.2) is 84.4 Å². The van der Waals surface area contributed by atoms with Crippen LogP contribution in [0.2, 0.25) is 0 Å². The molecule has 7 rings (SSSR count). The molecule has 1 aromatic rings. The van der Waals surface area contributed by atoms with Gasteiger partial charge in [-0.2, -0.15) is 18.4 Å². The van der Waals surface area contributed by atoms with Gasteiger partial charge in [0.15, 0.2) is 0 Å². The maximum Gasteiger partial charge on any atom is 0.482 e. The number of halogens is 3. The van der Waals surface area contributed by atoms with Gasteiger partial charge in [-0.25, -0.2) is 4.79 Å². The van der Waals surface area contributed by atoms with Gasteiger partial charge in [0.05, 0.1) is 35.8 Å². The van der Waals surface area contributed by atoms with Crippen LogP contribution in [0.3, 0.4) is 0 Å². The summed E-state index contributed by atoms with van der Waals surface area (Å²) in [6.45, 7) is 21.4. The molecule has 3 saturated heterocycles. The Morgan fingerprint density at radius 1 is 1.10 bits per heavy atom. The molecule has 2 bridgehead atoms. The third-order valence-electron chi connectivity index (χ3n) is 12.2. The van der Waals surface area contributed by atoms with Crippen LogP contribution in [-0.2, 0) is 31.4 Å². The van der Waals surface area contributed by atoms with E-state index in [0.29, 0.717) is 47.7 Å². The van der Waals surface area contributed by atoms with Crippen molar-refractivity contribution in [3.05, 3.63) is 35.4 Å². The van der Waals surface area contributed by atoms with Gasteiger partial charge in [-0.05, 0) is 113 Å². The lowest BCUT2D eigenvalue weighted by Gasteiger charge is -2.64. The lowest BCUT2D eigenvalue weighted by molar-refractivity contribution is -0.199. The Bertz CT molecular complexity index is 1460. The van der Waals surface area contributed by atoms with Crippen LogP contribution in [0.4, 0.5) is 18.0 Å². The zero-order chi connectivity index (χ0) is 37.6. The van der Waals surface area contributed by atoms with Gasteiger partial charge >= 0.3 is 19.4 Å². The van der Waals surface area contributed by atoms with E-state index in [1.807, 2.05) is 6.07 Å². The van der Waals surface area contributed by atoms with E-state index in [9.17, 15) is 22.8 Å². The number of rotatable bonds is 6. The molecule has 9 nitrogen and oxygen atoms in total. The second-order valence-corrected chi connectivity index (χ2v) is 17.8. The summed E-state index contributed by atoms with van der Waals surface area (Å²) >= 11 is 0. The number of nitriles is 1. The normalized spacial score (nSPS) is 30.2. The van der Waals surface area contributed by atoms with E-state index in [2.05, 4.69) is 65.6 Å². The summed E-state index contributed by atoms with van der Waals surface area (Å²) in [4.78, 5) is 29.3. The molecule has 0 radical (unpaired) electrons. The predicted octanol–water partition coefficient (Wildman–Crippen LogP) is 7.03. The third-order valence-corrected chi connectivity index (χ3v) is 12.2. The van der Waals surface area contributed by atoms with Crippen LogP contribution >= 0.6 is 0 Å². The summed E-state index contributed by atoms with van der Waals surface area (Å²) in [7, 11) is -0.806. The fourth-order valence-corrected chi connectivity index (χ4v) is 8.83. The first kappa shape index (κ1) is 39.4. The topological polar surface area (TPSA) is 104 Å². The number of ether oxygens (including phenoxy) is 1. The average molecular weight is 717 g/mol. The Kier molecular flexibility index (Phi) is 11.2. The SMILES string of the molecule is CC1(C)C2CC1[C@]1(C)OB(C(Cc3ccc(C(F)(F)F)cc3)NC(=O)OC3CCCN(C(=O)CC#N)C3)O[C@@H]1C2.CC1(C)CCN(C(C)(C)C)C1. The highest BCUT2D eigenvalue weighted by Crippen LogP contribution is 2.65. The molecule has 4 unspecified atom stereocenters. The molecule has 3 aliphatic heterocycles. The van der Waals surface area contributed by atoms with Crippen molar-refractivity contribution in [3.8, 4) is 6.07 Å². The largest absolute Gasteiger partial charge is 0.482 e. The number of amides is 2. The van der Waals surface area contributed by atoms with Gasteiger partial charge in [0, 0.05) is 18.6 Å². The van der Waals surface area contributed by atoms with Gasteiger partial charge in [0.25, 0.3) is 0 Å². The van der Waals surface area contributed by atoms with Crippen molar-refractivity contribution in [1.29, 1.82) is 5.26 Å². The second-order valence-electron chi connectivity index (χ2n) is 17.8. The van der Waals surface area contributed by atoms with E-state index in [1.165, 1.54) is 36.5 Å². The van der Waals surface area contributed by atoms with Gasteiger partial charge in [-0.3, -0.25) is 9.69 Å². The number of carbonyl (C=O) groups excluding carboxylic acids is 2. The summed E-state index contributed by atoms with van der Waals surface area (Å²) in [6.07, 6.45) is -1.43. The first-order valence-corrected chi connectivity index (χ1v) is 18.5. The molecule has 6 fully saturated rings. The van der Waals surface area contributed by atoms with Gasteiger partial charge in [-0.15, -0.1) is 0 Å². The maximum absolute atomic E-state index is 13.1. The van der Waals surface area contributed by atoms with Crippen molar-refractivity contribution in [3.63, 3.8) is 0 Å². The van der Waals surface area contributed by atoms with Crippen molar-refractivity contribution in [2.45, 2.75) is 136 Å². The van der Waals surface area contributed by atoms with Gasteiger partial charge in [-0.1, -0.05) is 39.8 Å². The van der Waals surface area contributed by atoms with Crippen LogP contribution < -0.4 is 5.32 Å². The number of hydrogen-bond acceptors (Lipinski definition) is 7. The number of nitrogens with zero attached hydrogens (tertiary/aromatic N) is 3. The highest BCUT2D eigenvalue weighted by Gasteiger charge is 2.68. The summed E-state index contributed by atoms with van der Waals surface area (Å²) in [5, 5.41) is 11.7. The van der Waals surface area contributed by atoms with Crippen LogP contribution in [0, 0.1) is 34.0 Å². The zero-order valence-corrected chi connectivity index (χ0v) is 31.6. The summed E-state index contributed by atoms with van der Waals surface area (Å²) in [5.41, 5.74) is 0.344. The molecule has 0 aromatic heterocycles. The Morgan fingerprint density at radius 3 is 2.33 bits per heavy atom. The standard InChI is InChI=1S/C28H35BF3N3O5.C10H21N/c1-26(2)19-14-21(26)27(3)22(15-19)39-29(40-27)23(13-17-6-8-18(9-7-17)28(30,31)32)34-25(37)38-20-5-4-12-35(16-20)24(36)10-11-33;1-9(2,3)11-7-6-10(4,5)8-11/h6-9,19-23H,4-5,10,12-16H2,1-3H3,(H,34,37);6-8H2,1-5H3/t19?,20?,21?,22-,23?,27+;/m1./s1. The smallest absolute Gasteiger partial charge is 0.444 e. The Labute approximate surface area is 302 Å². The lowest BCUT2D eigenvalue weighted by atomic mass is 9.43. The molecule has 3 heterocycles. The quantitative estimate of drug-likeness (QED) is 0.316. The number of piperidine rings is 1. The minimum atomic E-state index is -4.45. The van der Waals surface area contributed by atoms with Crippen molar-refractivity contribution in [1.82, 2.24) is 15.1 Å². The van der Waals surface area contributed by atoms with Crippen LogP contribution in [0.1, 0.15) is 105 Å². The van der Waals surface area contributed by atoms with Crippen LogP contribution in [0.15, 0.2) is 24.3 Å². The molecule has 282 valence electrons. The van der Waals surface area contributed by atoms with E-state index < -0.39 is 42.6 Å². The second kappa shape index (κ2) is 14.5. The molecule has 2 amide bonds. The minimum Gasteiger partial charge on any atom is -0.444 e. The predicted molar refractivity (Wildman–Crippen MR) is 188 cm³/mol. The van der Waals surface area contributed by atoms with Crippen molar-refractivity contribution >= 4 is 19.1 Å². The van der Waals surface area contributed by atoms with Crippen molar-refractivity contribution in [2.24, 2.45) is 22.7 Å². The third kappa shape index (κ3) is 8.88. The summed E-state index contributed by atoms with van der Waals surface area (Å²) in [5.74, 6) is -0.193. The van der Waals surface area contributed by atoms with Gasteiger partial charge < -0.3 is 24.3 Å². The Morgan fingerprint density at radius 2 is 1.78 bits per heavy atom. The molecule has 3 saturated carbocycles. The molecule has 1 aromatic carbocycles. The first-order valence-electron chi connectivity index (χ1n) is 18.5. The van der Waals surface area contributed by atoms with Crippen molar-refractivity contribution < 1.29 is 36.8 Å². The molecule has 0 spiro atoms. The molecule has 3 aliphatic carbocycles. The lowest BCUT2D eigenvalue weighted by Crippen LogP contribution is -2.65. The number of benzene rings is 1. The first-order chi connectivity index (χ1) is 23.6. The molecule has 13 heteroatoms. The molecule has 51 heavy (non-hydrogen) atoms. The number of carbonyl (C=O) groups is 2. The van der Waals surface area contributed by atoms with Gasteiger partial charge in [0.2, 0.25) is 5.91 Å². The maximum atomic E-state index is 13.1. The van der Waals surface area contributed by atoms with E-state index in [1.54, 1.807) is 0 Å². The Balaban J connectivity index is 0.000000392. The summed E-state index contributed by atoms with van der Waals surface area (Å²) in [6, 6.07) is 6.68. The van der Waals surface area contributed by atoms with Crippen molar-refractivity contribution in [2.75, 3.05) is 26.2 Å². The molecular formula is C38H56BF3N4O5. The number of alkyl halides is 3. The molecule has 1 N–H and O–H groups in total. The van der Waals surface area contributed by atoms with E-state index in [-0.39, 0.29) is 36.8 Å². The highest BCUT2D eigenvalue weighted by molar-refractivity contribution is 6.47. The zero-order valence-electron chi connectivity index (χ0n) is 31.6. The van der Waals surface area contributed by atoms with E-state index >= 15 is 0 Å². The molecule has 6 atom stereocenters. The number of likely N-dealkylation sites (tertiary alicyclic amines) is 2. The number of nitrogens with one attached hydrogen (secondary N) is 1. The van der Waals surface area contributed by atoms with Crippen LogP contribution in [0.5, 0.6) is 0 Å². The minimum absolute atomic E-state index is 0.120.